The molecular weight excluding hydrogens is 509 g/mol. The minimum absolute atomic E-state index is 0.187. The van der Waals surface area contributed by atoms with E-state index in [4.69, 9.17) is 7.85 Å². The van der Waals surface area contributed by atoms with E-state index in [1.165, 1.54) is 16.7 Å². The van der Waals surface area contributed by atoms with Crippen molar-refractivity contribution < 1.29 is 9.59 Å². The van der Waals surface area contributed by atoms with E-state index in [-0.39, 0.29) is 22.6 Å². The van der Waals surface area contributed by atoms with Gasteiger partial charge in [-0.25, -0.2) is 0 Å². The quantitative estimate of drug-likeness (QED) is 0.135. The summed E-state index contributed by atoms with van der Waals surface area (Å²) in [6.45, 7) is 4.49. The van der Waals surface area contributed by atoms with E-state index in [2.05, 4.69) is 79.4 Å². The van der Waals surface area contributed by atoms with Gasteiger partial charge >= 0.3 is 0 Å². The Hall–Kier alpha value is -4.48. The monoisotopic (exact) mass is 533 g/mol. The minimum Gasteiger partial charge on any atom is -0.301 e. The Balaban J connectivity index is 1.40. The molecule has 0 bridgehead atoms. The molecule has 0 saturated heterocycles. The van der Waals surface area contributed by atoms with Crippen LogP contribution < -0.4 is 10.4 Å². The van der Waals surface area contributed by atoms with Gasteiger partial charge in [-0.15, -0.1) is 11.3 Å². The molecule has 0 N–H and O–H groups in total. The fourth-order valence-electron chi connectivity index (χ4n) is 5.83. The zero-order valence-electron chi connectivity index (χ0n) is 22.1. The summed E-state index contributed by atoms with van der Waals surface area (Å²) in [5, 5.41) is 1.09. The molecular formula is C35H24BNO2S. The Morgan fingerprint density at radius 1 is 0.725 bits per heavy atom. The van der Waals surface area contributed by atoms with Gasteiger partial charge in [0.15, 0.2) is 11.6 Å². The van der Waals surface area contributed by atoms with Crippen molar-refractivity contribution in [2.24, 2.45) is 0 Å². The third-order valence-corrected chi connectivity index (χ3v) is 9.02. The summed E-state index contributed by atoms with van der Waals surface area (Å²) < 4.78 is 0. The first-order chi connectivity index (χ1) is 19.3. The largest absolute Gasteiger partial charge is 0.301 e. The number of thiophene rings is 1. The molecule has 1 aliphatic heterocycles. The van der Waals surface area contributed by atoms with Gasteiger partial charge in [-0.05, 0) is 58.7 Å². The smallest absolute Gasteiger partial charge is 0.197 e. The van der Waals surface area contributed by atoms with E-state index in [0.29, 0.717) is 16.6 Å². The molecule has 1 aliphatic carbocycles. The molecule has 0 unspecified atom stereocenters. The van der Waals surface area contributed by atoms with Gasteiger partial charge in [-0.1, -0.05) is 92.1 Å². The van der Waals surface area contributed by atoms with E-state index in [9.17, 15) is 9.59 Å². The predicted molar refractivity (Wildman–Crippen MR) is 165 cm³/mol. The van der Waals surface area contributed by atoms with E-state index in [1.54, 1.807) is 35.6 Å². The maximum Gasteiger partial charge on any atom is 0.197 e. The average molecular weight is 533 g/mol. The number of anilines is 3. The van der Waals surface area contributed by atoms with E-state index in [0.717, 1.165) is 26.8 Å². The number of nitrogens with zero attached hydrogens (tertiary/aromatic N) is 1. The van der Waals surface area contributed by atoms with Crippen LogP contribution in [-0.4, -0.2) is 19.4 Å². The number of benzene rings is 4. The van der Waals surface area contributed by atoms with Crippen LogP contribution in [0.15, 0.2) is 109 Å². The van der Waals surface area contributed by atoms with Gasteiger partial charge in [-0.2, -0.15) is 0 Å². The van der Waals surface area contributed by atoms with Crippen LogP contribution in [0.1, 0.15) is 50.6 Å². The first-order valence-electron chi connectivity index (χ1n) is 13.2. The number of para-hydroxylation sites is 1. The molecule has 0 amide bonds. The molecule has 0 saturated carbocycles. The molecule has 4 aromatic carbocycles. The van der Waals surface area contributed by atoms with Gasteiger partial charge in [0, 0.05) is 27.1 Å². The van der Waals surface area contributed by atoms with E-state index >= 15 is 0 Å². The van der Waals surface area contributed by atoms with Crippen LogP contribution in [-0.2, 0) is 5.41 Å². The van der Waals surface area contributed by atoms with Crippen molar-refractivity contribution in [1.82, 2.24) is 0 Å². The molecule has 5 aromatic rings. The summed E-state index contributed by atoms with van der Waals surface area (Å²) in [5.74, 6) is -0.519. The zero-order valence-corrected chi connectivity index (χ0v) is 23.0. The summed E-state index contributed by atoms with van der Waals surface area (Å²) in [5.41, 5.74) is 8.05. The van der Waals surface area contributed by atoms with Crippen LogP contribution in [0, 0.1) is 0 Å². The Kier molecular flexibility index (Phi) is 5.55. The summed E-state index contributed by atoms with van der Waals surface area (Å²) in [4.78, 5) is 29.6. The van der Waals surface area contributed by atoms with Gasteiger partial charge in [0.25, 0.3) is 0 Å². The topological polar surface area (TPSA) is 37.4 Å². The zero-order chi connectivity index (χ0) is 27.6. The molecule has 2 heterocycles. The minimum atomic E-state index is -0.310. The average Bonchev–Trinajstić information content (AvgIpc) is 3.50. The second kappa shape index (κ2) is 9.04. The molecule has 1 aromatic heterocycles. The van der Waals surface area contributed by atoms with Crippen molar-refractivity contribution in [2.45, 2.75) is 19.3 Å². The van der Waals surface area contributed by atoms with Crippen molar-refractivity contribution in [1.29, 1.82) is 0 Å². The molecule has 3 nitrogen and oxygen atoms in total. The van der Waals surface area contributed by atoms with Gasteiger partial charge in [0.1, 0.15) is 12.8 Å². The standard InChI is InChI=1S/C35H24BNO2S/c1-35(2)29-17-22(21-9-5-3-6-10-21)13-16-31(29)37(24-11-7-4-8-12-24)34-30(35)20-25(40-34)19-28-32(38)26-15-14-23(36)18-27(26)33(28)39/h3-20H,1-2H3/b28-19+. The van der Waals surface area contributed by atoms with Crippen molar-refractivity contribution in [3.8, 4) is 11.1 Å². The highest BCUT2D eigenvalue weighted by Crippen LogP contribution is 2.55. The molecule has 0 atom stereocenters. The van der Waals surface area contributed by atoms with Crippen molar-refractivity contribution >= 4 is 58.7 Å². The van der Waals surface area contributed by atoms with Crippen LogP contribution >= 0.6 is 11.3 Å². The van der Waals surface area contributed by atoms with Gasteiger partial charge in [-0.3, -0.25) is 9.59 Å². The lowest BCUT2D eigenvalue weighted by Crippen LogP contribution is -2.29. The van der Waals surface area contributed by atoms with Crippen LogP contribution in [0.3, 0.4) is 0 Å². The molecule has 2 aliphatic rings. The number of hydrogen-bond acceptors (Lipinski definition) is 4. The number of rotatable bonds is 3. The molecule has 0 fully saturated rings. The third-order valence-electron chi connectivity index (χ3n) is 7.95. The first-order valence-corrected chi connectivity index (χ1v) is 14.0. The Morgan fingerprint density at radius 2 is 1.43 bits per heavy atom. The first kappa shape index (κ1) is 24.6. The van der Waals surface area contributed by atoms with Crippen LogP contribution in [0.2, 0.25) is 0 Å². The molecule has 0 spiro atoms. The Morgan fingerprint density at radius 3 is 2.17 bits per heavy atom. The summed E-state index contributed by atoms with van der Waals surface area (Å²) in [7, 11) is 5.91. The lowest BCUT2D eigenvalue weighted by Gasteiger charge is -2.40. The van der Waals surface area contributed by atoms with Gasteiger partial charge in [0.2, 0.25) is 0 Å². The number of Topliss-reactive ketones (excluding diaryl/α,β-unsaturated/α-hetero) is 2. The van der Waals surface area contributed by atoms with Crippen molar-refractivity contribution in [3.05, 3.63) is 136 Å². The van der Waals surface area contributed by atoms with Crippen LogP contribution in [0.25, 0.3) is 17.2 Å². The predicted octanol–water partition coefficient (Wildman–Crippen LogP) is 7.78. The molecule has 2 radical (unpaired) electrons. The SMILES string of the molecule is [B]c1ccc2c(c1)C(=O)/C(=C/c1cc3c(s1)N(c1ccccc1)c1ccc(-c4ccccc4)cc1C3(C)C)C2=O. The number of carbonyl (C=O) groups is 2. The Bertz CT molecular complexity index is 1870. The third kappa shape index (κ3) is 3.73. The fourth-order valence-corrected chi connectivity index (χ4v) is 7.12. The number of ketones is 2. The van der Waals surface area contributed by atoms with Gasteiger partial charge in [0.05, 0.1) is 11.3 Å². The summed E-state index contributed by atoms with van der Waals surface area (Å²) in [6, 6.07) is 34.5. The normalized spacial score (nSPS) is 16.1. The lowest BCUT2D eigenvalue weighted by atomic mass is 9.74. The van der Waals surface area contributed by atoms with Crippen LogP contribution in [0.4, 0.5) is 16.4 Å². The number of fused-ring (bicyclic) bond motifs is 3. The number of hydrogen-bond donors (Lipinski definition) is 0. The molecule has 40 heavy (non-hydrogen) atoms. The lowest BCUT2D eigenvalue weighted by molar-refractivity contribution is 0.0990. The highest BCUT2D eigenvalue weighted by Gasteiger charge is 2.39. The van der Waals surface area contributed by atoms with Crippen molar-refractivity contribution in [3.63, 3.8) is 0 Å². The Labute approximate surface area is 238 Å². The van der Waals surface area contributed by atoms with Crippen LogP contribution in [0.5, 0.6) is 0 Å². The molecule has 5 heteroatoms. The van der Waals surface area contributed by atoms with Gasteiger partial charge < -0.3 is 4.90 Å². The highest BCUT2D eigenvalue weighted by molar-refractivity contribution is 7.17. The van der Waals surface area contributed by atoms with E-state index in [1.807, 2.05) is 24.3 Å². The maximum atomic E-state index is 13.2. The second-order valence-corrected chi connectivity index (χ2v) is 11.8. The highest BCUT2D eigenvalue weighted by atomic mass is 32.1. The summed E-state index contributed by atoms with van der Waals surface area (Å²) in [6.07, 6.45) is 1.75. The molecule has 7 rings (SSSR count). The van der Waals surface area contributed by atoms with E-state index < -0.39 is 0 Å². The maximum absolute atomic E-state index is 13.2. The fraction of sp³-hybridized carbons (Fsp3) is 0.0857. The number of allylic oxidation sites excluding steroid dienone is 1. The molecule has 190 valence electrons. The number of carbonyl (C=O) groups excluding carboxylic acids is 2. The second-order valence-electron chi connectivity index (χ2n) is 10.8. The van der Waals surface area contributed by atoms with Crippen molar-refractivity contribution in [2.75, 3.05) is 4.90 Å². The summed E-state index contributed by atoms with van der Waals surface area (Å²) >= 11 is 1.60.